The fraction of sp³-hybridized carbons (Fsp3) is 0.286. The van der Waals surface area contributed by atoms with Crippen LogP contribution >= 0.6 is 11.6 Å². The topological polar surface area (TPSA) is 66.0 Å². The Morgan fingerprint density at radius 1 is 0.721 bits per heavy atom. The molecule has 0 saturated carbocycles. The number of ether oxygens (including phenoxy) is 1. The SMILES string of the molecule is O=C(COc1ccc(Cl)cc1)N1CCC(N2CCN(C(=O)c3cc(-c4ccccc4)nc(-c4ccccc4)c3)CC2)CC1. The molecule has 3 heterocycles. The second-order valence-electron chi connectivity index (χ2n) is 11.0. The lowest BCUT2D eigenvalue weighted by Gasteiger charge is -2.42. The number of carbonyl (C=O) groups is 2. The molecule has 4 aromatic rings. The summed E-state index contributed by atoms with van der Waals surface area (Å²) in [5, 5.41) is 0.637. The molecule has 2 saturated heterocycles. The Hall–Kier alpha value is -4.20. The van der Waals surface area contributed by atoms with Crippen molar-refractivity contribution in [1.82, 2.24) is 19.7 Å². The quantitative estimate of drug-likeness (QED) is 0.267. The van der Waals surface area contributed by atoms with Gasteiger partial charge in [0, 0.05) is 67.0 Å². The van der Waals surface area contributed by atoms with Gasteiger partial charge in [0.15, 0.2) is 6.61 Å². The highest BCUT2D eigenvalue weighted by Crippen LogP contribution is 2.26. The van der Waals surface area contributed by atoms with Crippen molar-refractivity contribution in [3.8, 4) is 28.3 Å². The maximum atomic E-state index is 13.8. The summed E-state index contributed by atoms with van der Waals surface area (Å²) in [5.74, 6) is 0.683. The average Bonchev–Trinajstić information content (AvgIpc) is 3.08. The van der Waals surface area contributed by atoms with Crippen LogP contribution in [0.4, 0.5) is 0 Å². The first-order valence-electron chi connectivity index (χ1n) is 14.9. The molecular weight excluding hydrogens is 560 g/mol. The van der Waals surface area contributed by atoms with E-state index in [-0.39, 0.29) is 18.4 Å². The van der Waals surface area contributed by atoms with Crippen molar-refractivity contribution >= 4 is 23.4 Å². The first kappa shape index (κ1) is 28.9. The summed E-state index contributed by atoms with van der Waals surface area (Å²) in [6.45, 7) is 4.47. The van der Waals surface area contributed by atoms with Gasteiger partial charge < -0.3 is 14.5 Å². The highest BCUT2D eigenvalue weighted by Gasteiger charge is 2.31. The molecule has 2 amide bonds. The molecule has 8 heteroatoms. The maximum Gasteiger partial charge on any atom is 0.260 e. The Labute approximate surface area is 257 Å². The fourth-order valence-electron chi connectivity index (χ4n) is 5.89. The number of carbonyl (C=O) groups excluding carboxylic acids is 2. The zero-order chi connectivity index (χ0) is 29.6. The van der Waals surface area contributed by atoms with Gasteiger partial charge in [-0.2, -0.15) is 0 Å². The maximum absolute atomic E-state index is 13.8. The molecule has 43 heavy (non-hydrogen) atoms. The molecule has 2 fully saturated rings. The van der Waals surface area contributed by atoms with Crippen LogP contribution in [-0.2, 0) is 4.79 Å². The number of rotatable bonds is 7. The average molecular weight is 595 g/mol. The van der Waals surface area contributed by atoms with E-state index in [1.54, 1.807) is 24.3 Å². The van der Waals surface area contributed by atoms with Gasteiger partial charge in [-0.3, -0.25) is 14.5 Å². The number of benzene rings is 3. The number of amides is 2. The smallest absolute Gasteiger partial charge is 0.260 e. The Morgan fingerprint density at radius 2 is 1.28 bits per heavy atom. The van der Waals surface area contributed by atoms with Crippen LogP contribution in [0, 0.1) is 0 Å². The zero-order valence-electron chi connectivity index (χ0n) is 24.1. The van der Waals surface area contributed by atoms with Crippen LogP contribution in [-0.4, -0.2) is 83.4 Å². The minimum atomic E-state index is 0.00547. The molecule has 1 aromatic heterocycles. The highest BCUT2D eigenvalue weighted by atomic mass is 35.5. The van der Waals surface area contributed by atoms with Crippen molar-refractivity contribution < 1.29 is 14.3 Å². The number of piperazine rings is 1. The van der Waals surface area contributed by atoms with E-state index in [2.05, 4.69) is 4.90 Å². The minimum Gasteiger partial charge on any atom is -0.484 e. The summed E-state index contributed by atoms with van der Waals surface area (Å²) in [4.78, 5) is 37.7. The highest BCUT2D eigenvalue weighted by molar-refractivity contribution is 6.30. The van der Waals surface area contributed by atoms with E-state index in [0.717, 1.165) is 48.4 Å². The van der Waals surface area contributed by atoms with Gasteiger partial charge in [-0.15, -0.1) is 0 Å². The molecule has 7 nitrogen and oxygen atoms in total. The van der Waals surface area contributed by atoms with E-state index in [4.69, 9.17) is 21.3 Å². The third kappa shape index (κ3) is 7.07. The number of pyridine rings is 1. The van der Waals surface area contributed by atoms with Gasteiger partial charge in [0.1, 0.15) is 5.75 Å². The minimum absolute atomic E-state index is 0.00547. The third-order valence-corrected chi connectivity index (χ3v) is 8.57. The number of piperidine rings is 1. The normalized spacial score (nSPS) is 16.2. The molecule has 6 rings (SSSR count). The summed E-state index contributed by atoms with van der Waals surface area (Å²) in [6, 6.07) is 31.3. The van der Waals surface area contributed by atoms with Gasteiger partial charge in [0.2, 0.25) is 0 Å². The van der Waals surface area contributed by atoms with Crippen molar-refractivity contribution in [3.63, 3.8) is 0 Å². The first-order valence-corrected chi connectivity index (χ1v) is 15.2. The number of aromatic nitrogens is 1. The molecule has 0 radical (unpaired) electrons. The van der Waals surface area contributed by atoms with E-state index < -0.39 is 0 Å². The second kappa shape index (κ2) is 13.4. The molecule has 3 aromatic carbocycles. The molecule has 0 unspecified atom stereocenters. The largest absolute Gasteiger partial charge is 0.484 e. The molecule has 0 aliphatic carbocycles. The predicted molar refractivity (Wildman–Crippen MR) is 169 cm³/mol. The Balaban J connectivity index is 1.04. The summed E-state index contributed by atoms with van der Waals surface area (Å²) >= 11 is 5.92. The predicted octanol–water partition coefficient (Wildman–Crippen LogP) is 5.90. The monoisotopic (exact) mass is 594 g/mol. The van der Waals surface area contributed by atoms with Gasteiger partial charge >= 0.3 is 0 Å². The van der Waals surface area contributed by atoms with Crippen LogP contribution in [0.5, 0.6) is 5.75 Å². The second-order valence-corrected chi connectivity index (χ2v) is 11.5. The van der Waals surface area contributed by atoms with Crippen LogP contribution < -0.4 is 4.74 Å². The van der Waals surface area contributed by atoms with Crippen LogP contribution in [0.3, 0.4) is 0 Å². The van der Waals surface area contributed by atoms with Crippen molar-refractivity contribution in [2.45, 2.75) is 18.9 Å². The molecule has 2 aliphatic heterocycles. The summed E-state index contributed by atoms with van der Waals surface area (Å²) < 4.78 is 5.65. The number of hydrogen-bond acceptors (Lipinski definition) is 5. The first-order chi connectivity index (χ1) is 21.0. The lowest BCUT2D eigenvalue weighted by molar-refractivity contribution is -0.135. The van der Waals surface area contributed by atoms with Gasteiger partial charge in [0.25, 0.3) is 11.8 Å². The molecule has 0 spiro atoms. The third-order valence-electron chi connectivity index (χ3n) is 8.32. The standard InChI is InChI=1S/C35H35ClN4O3/c36-29-11-13-31(14-12-29)43-25-34(41)39-17-15-30(16-18-39)38-19-21-40(22-20-38)35(42)28-23-32(26-7-3-1-4-8-26)37-33(24-28)27-9-5-2-6-10-27/h1-14,23-24,30H,15-22,25H2. The molecular formula is C35H35ClN4O3. The number of halogens is 1. The number of hydrogen-bond donors (Lipinski definition) is 0. The van der Waals surface area contributed by atoms with Crippen molar-refractivity contribution in [2.24, 2.45) is 0 Å². The Bertz CT molecular complexity index is 1480. The molecule has 0 N–H and O–H groups in total. The van der Waals surface area contributed by atoms with E-state index in [1.807, 2.05) is 82.6 Å². The summed E-state index contributed by atoms with van der Waals surface area (Å²) in [5.41, 5.74) is 4.22. The molecule has 2 aliphatic rings. The molecule has 0 bridgehead atoms. The van der Waals surface area contributed by atoms with E-state index in [1.165, 1.54) is 0 Å². The van der Waals surface area contributed by atoms with E-state index >= 15 is 0 Å². The van der Waals surface area contributed by atoms with Gasteiger partial charge in [-0.05, 0) is 49.2 Å². The van der Waals surface area contributed by atoms with E-state index in [9.17, 15) is 9.59 Å². The summed E-state index contributed by atoms with van der Waals surface area (Å²) in [7, 11) is 0. The van der Waals surface area contributed by atoms with Crippen LogP contribution in [0.2, 0.25) is 5.02 Å². The lowest BCUT2D eigenvalue weighted by atomic mass is 10.0. The van der Waals surface area contributed by atoms with Crippen molar-refractivity contribution in [2.75, 3.05) is 45.9 Å². The number of nitrogens with zero attached hydrogens (tertiary/aromatic N) is 4. The van der Waals surface area contributed by atoms with Crippen molar-refractivity contribution in [1.29, 1.82) is 0 Å². The molecule has 0 atom stereocenters. The van der Waals surface area contributed by atoms with E-state index in [0.29, 0.717) is 48.6 Å². The van der Waals surface area contributed by atoms with Gasteiger partial charge in [-0.1, -0.05) is 72.3 Å². The molecule has 220 valence electrons. The number of likely N-dealkylation sites (tertiary alicyclic amines) is 1. The fourth-order valence-corrected chi connectivity index (χ4v) is 6.01. The van der Waals surface area contributed by atoms with Crippen LogP contribution in [0.15, 0.2) is 97.1 Å². The van der Waals surface area contributed by atoms with Crippen LogP contribution in [0.1, 0.15) is 23.2 Å². The Kier molecular flexibility index (Phi) is 9.01. The summed E-state index contributed by atoms with van der Waals surface area (Å²) in [6.07, 6.45) is 1.84. The van der Waals surface area contributed by atoms with Crippen molar-refractivity contribution in [3.05, 3.63) is 108 Å². The Morgan fingerprint density at radius 3 is 1.84 bits per heavy atom. The zero-order valence-corrected chi connectivity index (χ0v) is 24.8. The van der Waals surface area contributed by atoms with Crippen LogP contribution in [0.25, 0.3) is 22.5 Å². The van der Waals surface area contributed by atoms with Gasteiger partial charge in [-0.25, -0.2) is 4.98 Å². The lowest BCUT2D eigenvalue weighted by Crippen LogP contribution is -2.55. The van der Waals surface area contributed by atoms with Gasteiger partial charge in [0.05, 0.1) is 11.4 Å².